The van der Waals surface area contributed by atoms with Gasteiger partial charge in [-0.25, -0.2) is 4.79 Å². The van der Waals surface area contributed by atoms with Gasteiger partial charge in [-0.05, 0) is 5.92 Å². The van der Waals surface area contributed by atoms with Gasteiger partial charge in [-0.1, -0.05) is 19.0 Å². The maximum absolute atomic E-state index is 10.5. The fourth-order valence-corrected chi connectivity index (χ4v) is 1.00. The second-order valence-corrected chi connectivity index (χ2v) is 3.27. The monoisotopic (exact) mass is 184 g/mol. The van der Waals surface area contributed by atoms with Crippen LogP contribution in [0, 0.1) is 5.92 Å². The quantitative estimate of drug-likeness (QED) is 0.735. The van der Waals surface area contributed by atoms with E-state index in [4.69, 9.17) is 15.4 Å². The number of carbonyl (C=O) groups is 1. The van der Waals surface area contributed by atoms with Crippen molar-refractivity contribution in [2.45, 2.75) is 20.3 Å². The van der Waals surface area contributed by atoms with Crippen LogP contribution in [0.3, 0.4) is 0 Å². The molecule has 0 fully saturated rings. The van der Waals surface area contributed by atoms with Crippen LogP contribution < -0.4 is 5.73 Å². The Morgan fingerprint density at radius 2 is 2.31 bits per heavy atom. The van der Waals surface area contributed by atoms with E-state index in [1.54, 1.807) is 0 Å². The summed E-state index contributed by atoms with van der Waals surface area (Å²) in [6.07, 6.45) is 0.603. The molecule has 5 heteroatoms. The highest BCUT2D eigenvalue weighted by Gasteiger charge is 2.18. The highest BCUT2D eigenvalue weighted by Crippen LogP contribution is 2.19. The number of aromatic carboxylic acids is 1. The molecule has 0 aliphatic heterocycles. The maximum atomic E-state index is 10.5. The molecular formula is C8H12N2O3. The molecule has 0 aliphatic carbocycles. The molecule has 0 atom stereocenters. The minimum absolute atomic E-state index is 0.140. The van der Waals surface area contributed by atoms with E-state index in [2.05, 4.69) is 5.16 Å². The van der Waals surface area contributed by atoms with Crippen LogP contribution >= 0.6 is 0 Å². The molecule has 0 aromatic carbocycles. The number of aromatic nitrogens is 1. The zero-order valence-corrected chi connectivity index (χ0v) is 7.57. The summed E-state index contributed by atoms with van der Waals surface area (Å²) in [7, 11) is 0. The Bertz CT molecular complexity index is 317. The summed E-state index contributed by atoms with van der Waals surface area (Å²) in [4.78, 5) is 10.5. The fraction of sp³-hybridized carbons (Fsp3) is 0.500. The smallest absolute Gasteiger partial charge is 0.360 e. The number of nitrogen functional groups attached to an aromatic ring is 1. The molecule has 5 nitrogen and oxygen atoms in total. The van der Waals surface area contributed by atoms with Gasteiger partial charge in [0.15, 0.2) is 5.76 Å². The highest BCUT2D eigenvalue weighted by atomic mass is 16.5. The lowest BCUT2D eigenvalue weighted by Crippen LogP contribution is -2.03. The van der Waals surface area contributed by atoms with Gasteiger partial charge < -0.3 is 15.4 Å². The van der Waals surface area contributed by atoms with Crippen LogP contribution in [0.4, 0.5) is 5.69 Å². The van der Waals surface area contributed by atoms with E-state index in [-0.39, 0.29) is 11.4 Å². The van der Waals surface area contributed by atoms with Crippen LogP contribution in [0.2, 0.25) is 0 Å². The molecule has 0 saturated heterocycles. The van der Waals surface area contributed by atoms with Crippen LogP contribution in [0.25, 0.3) is 0 Å². The van der Waals surface area contributed by atoms with Crippen molar-refractivity contribution in [1.29, 1.82) is 0 Å². The average Bonchev–Trinajstić information content (AvgIpc) is 2.32. The van der Waals surface area contributed by atoms with Crippen LogP contribution in [-0.2, 0) is 6.42 Å². The standard InChI is InChI=1S/C8H12N2O3/c1-4(2)3-5-6(9)7(8(11)12)10-13-5/h4H,3,9H2,1-2H3,(H,11,12). The molecule has 13 heavy (non-hydrogen) atoms. The van der Waals surface area contributed by atoms with Crippen LogP contribution in [0.1, 0.15) is 30.1 Å². The highest BCUT2D eigenvalue weighted by molar-refractivity contribution is 5.91. The van der Waals surface area contributed by atoms with Gasteiger partial charge in [0.1, 0.15) is 5.69 Å². The third-order valence-electron chi connectivity index (χ3n) is 1.60. The molecule has 0 spiro atoms. The first-order valence-corrected chi connectivity index (χ1v) is 3.99. The molecule has 72 valence electrons. The zero-order valence-electron chi connectivity index (χ0n) is 7.57. The van der Waals surface area contributed by atoms with Crippen molar-refractivity contribution in [2.75, 3.05) is 5.73 Å². The molecule has 1 heterocycles. The summed E-state index contributed by atoms with van der Waals surface area (Å²) in [5.74, 6) is -0.347. The van der Waals surface area contributed by atoms with E-state index < -0.39 is 5.97 Å². The lowest BCUT2D eigenvalue weighted by molar-refractivity contribution is 0.0686. The topological polar surface area (TPSA) is 89.3 Å². The minimum atomic E-state index is -1.16. The number of nitrogens with two attached hydrogens (primary N) is 1. The Kier molecular flexibility index (Phi) is 2.55. The average molecular weight is 184 g/mol. The van der Waals surface area contributed by atoms with Crippen LogP contribution in [0.5, 0.6) is 0 Å². The SMILES string of the molecule is CC(C)Cc1onc(C(=O)O)c1N. The second-order valence-electron chi connectivity index (χ2n) is 3.27. The lowest BCUT2D eigenvalue weighted by atomic mass is 10.1. The van der Waals surface area contributed by atoms with E-state index in [1.165, 1.54) is 0 Å². The summed E-state index contributed by atoms with van der Waals surface area (Å²) in [6, 6.07) is 0. The molecular weight excluding hydrogens is 172 g/mol. The van der Waals surface area contributed by atoms with Gasteiger partial charge >= 0.3 is 5.97 Å². The first-order valence-electron chi connectivity index (χ1n) is 3.99. The number of anilines is 1. The maximum Gasteiger partial charge on any atom is 0.360 e. The van der Waals surface area contributed by atoms with E-state index in [0.717, 1.165) is 0 Å². The molecule has 1 aromatic heterocycles. The van der Waals surface area contributed by atoms with E-state index in [1.807, 2.05) is 13.8 Å². The zero-order chi connectivity index (χ0) is 10.0. The summed E-state index contributed by atoms with van der Waals surface area (Å²) in [5, 5.41) is 12.0. The van der Waals surface area contributed by atoms with Crippen molar-refractivity contribution in [2.24, 2.45) is 5.92 Å². The number of carboxylic acids is 1. The normalized spacial score (nSPS) is 10.7. The van der Waals surface area contributed by atoms with Crippen molar-refractivity contribution >= 4 is 11.7 Å². The molecule has 0 amide bonds. The number of hydrogen-bond acceptors (Lipinski definition) is 4. The third kappa shape index (κ3) is 1.99. The van der Waals surface area contributed by atoms with Crippen molar-refractivity contribution in [3.63, 3.8) is 0 Å². The number of rotatable bonds is 3. The Hall–Kier alpha value is -1.52. The lowest BCUT2D eigenvalue weighted by Gasteiger charge is -1.99. The van der Waals surface area contributed by atoms with Crippen molar-refractivity contribution in [3.8, 4) is 0 Å². The fourth-order valence-electron chi connectivity index (χ4n) is 1.00. The molecule has 1 aromatic rings. The van der Waals surface area contributed by atoms with Gasteiger partial charge in [-0.15, -0.1) is 0 Å². The largest absolute Gasteiger partial charge is 0.476 e. The van der Waals surface area contributed by atoms with Gasteiger partial charge in [0, 0.05) is 6.42 Å². The number of nitrogens with zero attached hydrogens (tertiary/aromatic N) is 1. The van der Waals surface area contributed by atoms with Crippen LogP contribution in [0.15, 0.2) is 4.52 Å². The molecule has 1 rings (SSSR count). The first kappa shape index (κ1) is 9.57. The van der Waals surface area contributed by atoms with Gasteiger partial charge in [0.05, 0.1) is 0 Å². The Labute approximate surface area is 75.5 Å². The summed E-state index contributed by atoms with van der Waals surface area (Å²) < 4.78 is 4.81. The summed E-state index contributed by atoms with van der Waals surface area (Å²) in [6.45, 7) is 3.98. The molecule has 0 radical (unpaired) electrons. The molecule has 3 N–H and O–H groups in total. The number of carboxylic acid groups (broad SMARTS) is 1. The van der Waals surface area contributed by atoms with Gasteiger partial charge in [0.2, 0.25) is 5.69 Å². The van der Waals surface area contributed by atoms with E-state index in [9.17, 15) is 4.79 Å². The van der Waals surface area contributed by atoms with Crippen molar-refractivity contribution in [3.05, 3.63) is 11.5 Å². The first-order chi connectivity index (χ1) is 6.02. The Balaban J connectivity index is 2.93. The Morgan fingerprint density at radius 1 is 1.69 bits per heavy atom. The predicted octanol–water partition coefficient (Wildman–Crippen LogP) is 1.15. The molecule has 0 bridgehead atoms. The van der Waals surface area contributed by atoms with Gasteiger partial charge in [0.25, 0.3) is 0 Å². The Morgan fingerprint density at radius 3 is 2.69 bits per heavy atom. The van der Waals surface area contributed by atoms with Crippen molar-refractivity contribution in [1.82, 2.24) is 5.16 Å². The van der Waals surface area contributed by atoms with Gasteiger partial charge in [-0.2, -0.15) is 0 Å². The van der Waals surface area contributed by atoms with E-state index in [0.29, 0.717) is 18.1 Å². The van der Waals surface area contributed by atoms with E-state index >= 15 is 0 Å². The van der Waals surface area contributed by atoms with Gasteiger partial charge in [-0.3, -0.25) is 0 Å². The molecule has 0 aliphatic rings. The molecule has 0 saturated carbocycles. The summed E-state index contributed by atoms with van der Waals surface area (Å²) in [5.41, 5.74) is 5.46. The summed E-state index contributed by atoms with van der Waals surface area (Å²) >= 11 is 0. The minimum Gasteiger partial charge on any atom is -0.476 e. The second kappa shape index (κ2) is 3.47. The van der Waals surface area contributed by atoms with Crippen molar-refractivity contribution < 1.29 is 14.4 Å². The number of hydrogen-bond donors (Lipinski definition) is 2. The predicted molar refractivity (Wildman–Crippen MR) is 46.4 cm³/mol. The van der Waals surface area contributed by atoms with Crippen LogP contribution in [-0.4, -0.2) is 16.2 Å². The molecule has 0 unspecified atom stereocenters. The third-order valence-corrected chi connectivity index (χ3v) is 1.60.